The molecule has 0 spiro atoms. The van der Waals surface area contributed by atoms with Gasteiger partial charge >= 0.3 is 0 Å². The number of nitrogens with one attached hydrogen (secondary N) is 5. The van der Waals surface area contributed by atoms with Gasteiger partial charge in [0.25, 0.3) is 5.96 Å². The van der Waals surface area contributed by atoms with Gasteiger partial charge in [-0.25, -0.2) is 10.1 Å². The summed E-state index contributed by atoms with van der Waals surface area (Å²) in [6.07, 6.45) is 4.36. The molecular formula is C19H35N6O5. The van der Waals surface area contributed by atoms with E-state index in [0.717, 1.165) is 12.8 Å². The second-order valence-electron chi connectivity index (χ2n) is 7.54. The summed E-state index contributed by atoms with van der Waals surface area (Å²) in [6, 6.07) is -0.738. The lowest BCUT2D eigenvalue weighted by atomic mass is 10.1. The van der Waals surface area contributed by atoms with Gasteiger partial charge in [0.2, 0.25) is 11.8 Å². The number of nitro groups is 1. The minimum Gasteiger partial charge on any atom is -0.352 e. The molecule has 30 heavy (non-hydrogen) atoms. The molecule has 0 heterocycles. The van der Waals surface area contributed by atoms with E-state index in [1.165, 1.54) is 6.92 Å². The number of unbranched alkanes of at least 4 members (excludes halogenated alkanes) is 2. The Hall–Kier alpha value is -2.72. The molecule has 1 radical (unpaired) electrons. The van der Waals surface area contributed by atoms with Crippen molar-refractivity contribution in [1.82, 2.24) is 21.4 Å². The fourth-order valence-corrected chi connectivity index (χ4v) is 2.52. The third kappa shape index (κ3) is 16.3. The predicted molar refractivity (Wildman–Crippen MR) is 113 cm³/mol. The number of rotatable bonds is 16. The number of guanidine groups is 1. The van der Waals surface area contributed by atoms with E-state index in [1.54, 1.807) is 12.0 Å². The number of ketones is 1. The van der Waals surface area contributed by atoms with Gasteiger partial charge in [0.15, 0.2) is 5.03 Å². The average molecular weight is 428 g/mol. The first-order valence-electron chi connectivity index (χ1n) is 10.3. The third-order valence-corrected chi connectivity index (χ3v) is 4.09. The summed E-state index contributed by atoms with van der Waals surface area (Å²) in [5.74, 6) is -0.487. The fraction of sp³-hybridized carbons (Fsp3) is 0.737. The lowest BCUT2D eigenvalue weighted by Crippen LogP contribution is -2.46. The number of carbonyl (C=O) groups excluding carboxylic acids is 3. The first kappa shape index (κ1) is 27.3. The van der Waals surface area contributed by atoms with Gasteiger partial charge < -0.3 is 20.7 Å². The van der Waals surface area contributed by atoms with Gasteiger partial charge in [-0.15, -0.1) is 0 Å². The van der Waals surface area contributed by atoms with Crippen LogP contribution in [0.1, 0.15) is 72.1 Å². The second kappa shape index (κ2) is 16.1. The summed E-state index contributed by atoms with van der Waals surface area (Å²) < 4.78 is 0. The Bertz CT molecular complexity index is 582. The molecule has 0 rings (SSSR count). The van der Waals surface area contributed by atoms with Crippen molar-refractivity contribution >= 4 is 23.6 Å². The van der Waals surface area contributed by atoms with Crippen LogP contribution in [-0.4, -0.2) is 41.2 Å². The topological polar surface area (TPSA) is 166 Å². The highest BCUT2D eigenvalue weighted by Crippen LogP contribution is 2.06. The highest BCUT2D eigenvalue weighted by atomic mass is 16.7. The molecule has 0 aliphatic rings. The molecule has 0 aromatic carbocycles. The Morgan fingerprint density at radius 1 is 1.10 bits per heavy atom. The molecule has 0 saturated heterocycles. The molecule has 2 amide bonds. The van der Waals surface area contributed by atoms with Crippen LogP contribution in [0.15, 0.2) is 0 Å². The molecule has 0 aliphatic heterocycles. The molecule has 0 bridgehead atoms. The molecule has 1 atom stereocenters. The third-order valence-electron chi connectivity index (χ3n) is 4.09. The molecule has 11 nitrogen and oxygen atoms in total. The van der Waals surface area contributed by atoms with Gasteiger partial charge in [-0.3, -0.25) is 15.0 Å². The SMILES string of the molecule is CC(=O)CCCCCC(=O)N[C@@H](CCCNC(=N)N[N+](=O)[O-])C(=O)N[CH]CC(C)C. The number of amides is 2. The minimum absolute atomic E-state index is 0.129. The lowest BCUT2D eigenvalue weighted by molar-refractivity contribution is -0.525. The van der Waals surface area contributed by atoms with E-state index in [-0.39, 0.29) is 30.6 Å². The molecule has 0 fully saturated rings. The van der Waals surface area contributed by atoms with Crippen LogP contribution in [0, 0.1) is 28.0 Å². The molecule has 0 saturated carbocycles. The maximum absolute atomic E-state index is 12.4. The Morgan fingerprint density at radius 2 is 1.77 bits per heavy atom. The van der Waals surface area contributed by atoms with E-state index < -0.39 is 17.0 Å². The number of carbonyl (C=O) groups is 3. The quantitative estimate of drug-likeness (QED) is 0.0816. The molecule has 0 unspecified atom stereocenters. The Labute approximate surface area is 177 Å². The average Bonchev–Trinajstić information content (AvgIpc) is 2.62. The van der Waals surface area contributed by atoms with Crippen LogP contribution in [-0.2, 0) is 14.4 Å². The van der Waals surface area contributed by atoms with Gasteiger partial charge in [0.1, 0.15) is 11.8 Å². The van der Waals surface area contributed by atoms with Gasteiger partial charge in [-0.1, -0.05) is 25.7 Å². The van der Waals surface area contributed by atoms with Gasteiger partial charge in [-0.2, -0.15) is 0 Å². The Balaban J connectivity index is 4.46. The maximum Gasteiger partial charge on any atom is 0.251 e. The van der Waals surface area contributed by atoms with Crippen molar-refractivity contribution in [1.29, 1.82) is 5.41 Å². The standard InChI is InChI=1S/C19H35N6O5/c1-14(2)11-13-21-18(28)16(9-7-12-22-19(20)24-25(29)30)23-17(27)10-6-4-5-8-15(3)26/h13-14,16H,4-12H2,1-3H3,(H,21,28)(H,23,27)(H3,20,22,24)/t16-/m0/s1. The van der Waals surface area contributed by atoms with Crippen molar-refractivity contribution in [3.05, 3.63) is 16.7 Å². The smallest absolute Gasteiger partial charge is 0.251 e. The largest absolute Gasteiger partial charge is 0.352 e. The summed E-state index contributed by atoms with van der Waals surface area (Å²) in [5.41, 5.74) is 1.68. The summed E-state index contributed by atoms with van der Waals surface area (Å²) in [7, 11) is 0. The minimum atomic E-state index is -0.840. The van der Waals surface area contributed by atoms with Crippen molar-refractivity contribution in [3.8, 4) is 0 Å². The molecule has 0 aromatic rings. The molecule has 0 aromatic heterocycles. The second-order valence-corrected chi connectivity index (χ2v) is 7.54. The van der Waals surface area contributed by atoms with Crippen LogP contribution in [0.4, 0.5) is 0 Å². The van der Waals surface area contributed by atoms with Gasteiger partial charge in [0.05, 0.1) is 0 Å². The van der Waals surface area contributed by atoms with Gasteiger partial charge in [-0.05, 0) is 44.9 Å². The van der Waals surface area contributed by atoms with Crippen molar-refractivity contribution in [2.24, 2.45) is 5.92 Å². The van der Waals surface area contributed by atoms with E-state index in [2.05, 4.69) is 16.0 Å². The first-order valence-corrected chi connectivity index (χ1v) is 10.3. The van der Waals surface area contributed by atoms with Crippen molar-refractivity contribution in [3.63, 3.8) is 0 Å². The summed E-state index contributed by atoms with van der Waals surface area (Å²) in [4.78, 5) is 45.8. The zero-order valence-corrected chi connectivity index (χ0v) is 18.1. The van der Waals surface area contributed by atoms with Crippen LogP contribution >= 0.6 is 0 Å². The summed E-state index contributed by atoms with van der Waals surface area (Å²) in [6.45, 7) is 7.49. The number of hydrazine groups is 1. The van der Waals surface area contributed by atoms with E-state index >= 15 is 0 Å². The highest BCUT2D eigenvalue weighted by molar-refractivity contribution is 5.87. The Morgan fingerprint density at radius 3 is 2.37 bits per heavy atom. The lowest BCUT2D eigenvalue weighted by Gasteiger charge is -2.19. The number of nitrogens with zero attached hydrogens (tertiary/aromatic N) is 1. The van der Waals surface area contributed by atoms with Crippen LogP contribution < -0.4 is 21.4 Å². The monoisotopic (exact) mass is 427 g/mol. The zero-order valence-electron chi connectivity index (χ0n) is 18.1. The summed E-state index contributed by atoms with van der Waals surface area (Å²) in [5, 5.41) is 24.7. The molecule has 11 heteroatoms. The summed E-state index contributed by atoms with van der Waals surface area (Å²) >= 11 is 0. The van der Waals surface area contributed by atoms with Crippen LogP contribution in [0.2, 0.25) is 0 Å². The van der Waals surface area contributed by atoms with Crippen LogP contribution in [0.5, 0.6) is 0 Å². The molecule has 171 valence electrons. The van der Waals surface area contributed by atoms with Crippen LogP contribution in [0.25, 0.3) is 0 Å². The molecule has 5 N–H and O–H groups in total. The first-order chi connectivity index (χ1) is 14.1. The molecular weight excluding hydrogens is 392 g/mol. The number of Topliss-reactive ketones (excluding diaryl/α,β-unsaturated/α-hetero) is 1. The van der Waals surface area contributed by atoms with E-state index in [0.29, 0.717) is 38.0 Å². The van der Waals surface area contributed by atoms with E-state index in [9.17, 15) is 24.5 Å². The van der Waals surface area contributed by atoms with Crippen molar-refractivity contribution in [2.45, 2.75) is 78.2 Å². The molecule has 0 aliphatic carbocycles. The maximum atomic E-state index is 12.4. The van der Waals surface area contributed by atoms with E-state index in [4.69, 9.17) is 5.41 Å². The zero-order chi connectivity index (χ0) is 22.9. The predicted octanol–water partition coefficient (Wildman–Crippen LogP) is 1.42. The van der Waals surface area contributed by atoms with Crippen molar-refractivity contribution < 1.29 is 19.4 Å². The number of hydrogen-bond donors (Lipinski definition) is 5. The van der Waals surface area contributed by atoms with Gasteiger partial charge in [0, 0.05) is 25.9 Å². The fourth-order valence-electron chi connectivity index (χ4n) is 2.52. The number of hydrogen-bond acceptors (Lipinski definition) is 6. The van der Waals surface area contributed by atoms with Crippen molar-refractivity contribution in [2.75, 3.05) is 6.54 Å². The van der Waals surface area contributed by atoms with Crippen LogP contribution in [0.3, 0.4) is 0 Å². The Kier molecular flexibility index (Phi) is 14.7. The normalized spacial score (nSPS) is 11.5. The highest BCUT2D eigenvalue weighted by Gasteiger charge is 2.20. The van der Waals surface area contributed by atoms with E-state index in [1.807, 2.05) is 13.8 Å².